The monoisotopic (exact) mass is 271 g/mol. The zero-order chi connectivity index (χ0) is 14.5. The molecule has 5 nitrogen and oxygen atoms in total. The van der Waals surface area contributed by atoms with Crippen molar-refractivity contribution in [2.24, 2.45) is 11.3 Å². The Morgan fingerprint density at radius 2 is 2.05 bits per heavy atom. The van der Waals surface area contributed by atoms with Crippen molar-refractivity contribution in [2.45, 2.75) is 52.5 Å². The fraction of sp³-hybridized carbons (Fsp3) is 0.857. The summed E-state index contributed by atoms with van der Waals surface area (Å²) in [6.07, 6.45) is 1.93. The van der Waals surface area contributed by atoms with Crippen molar-refractivity contribution in [3.8, 4) is 0 Å². The van der Waals surface area contributed by atoms with Crippen LogP contribution in [0.3, 0.4) is 0 Å². The van der Waals surface area contributed by atoms with Gasteiger partial charge in [-0.2, -0.15) is 0 Å². The van der Waals surface area contributed by atoms with Crippen LogP contribution in [0.2, 0.25) is 0 Å². The third-order valence-electron chi connectivity index (χ3n) is 4.37. The van der Waals surface area contributed by atoms with Crippen molar-refractivity contribution in [1.82, 2.24) is 5.32 Å². The maximum atomic E-state index is 12.0. The lowest BCUT2D eigenvalue weighted by atomic mass is 9.79. The highest BCUT2D eigenvalue weighted by molar-refractivity contribution is 5.85. The molecule has 0 aromatic rings. The van der Waals surface area contributed by atoms with E-state index in [1.54, 1.807) is 0 Å². The molecule has 0 spiro atoms. The van der Waals surface area contributed by atoms with Crippen molar-refractivity contribution < 1.29 is 19.4 Å². The Balaban J connectivity index is 2.55. The van der Waals surface area contributed by atoms with Gasteiger partial charge < -0.3 is 15.2 Å². The van der Waals surface area contributed by atoms with E-state index in [9.17, 15) is 14.7 Å². The van der Waals surface area contributed by atoms with E-state index in [1.807, 2.05) is 20.8 Å². The molecule has 1 aliphatic heterocycles. The molecule has 0 saturated carbocycles. The first-order valence-corrected chi connectivity index (χ1v) is 7.05. The van der Waals surface area contributed by atoms with E-state index in [-0.39, 0.29) is 18.4 Å². The van der Waals surface area contributed by atoms with E-state index >= 15 is 0 Å². The summed E-state index contributed by atoms with van der Waals surface area (Å²) < 4.78 is 5.30. The summed E-state index contributed by atoms with van der Waals surface area (Å²) in [4.78, 5) is 23.4. The Morgan fingerprint density at radius 3 is 2.47 bits per heavy atom. The lowest BCUT2D eigenvalue weighted by Gasteiger charge is -2.27. The van der Waals surface area contributed by atoms with Gasteiger partial charge in [0, 0.05) is 25.0 Å². The third-order valence-corrected chi connectivity index (χ3v) is 4.37. The predicted molar refractivity (Wildman–Crippen MR) is 71.8 cm³/mol. The molecule has 1 rings (SSSR count). The zero-order valence-electron chi connectivity index (χ0n) is 12.1. The first kappa shape index (κ1) is 16.0. The summed E-state index contributed by atoms with van der Waals surface area (Å²) in [5.74, 6) is -0.721. The molecule has 5 heteroatoms. The average molecular weight is 271 g/mol. The Morgan fingerprint density at radius 1 is 1.42 bits per heavy atom. The van der Waals surface area contributed by atoms with Gasteiger partial charge in [0.05, 0.1) is 12.0 Å². The quantitative estimate of drug-likeness (QED) is 0.740. The highest BCUT2D eigenvalue weighted by Gasteiger charge is 2.37. The molecule has 0 radical (unpaired) electrons. The van der Waals surface area contributed by atoms with Gasteiger partial charge in [-0.3, -0.25) is 9.59 Å². The third kappa shape index (κ3) is 3.93. The van der Waals surface area contributed by atoms with Gasteiger partial charge in [0.15, 0.2) is 0 Å². The molecule has 0 bridgehead atoms. The van der Waals surface area contributed by atoms with Crippen molar-refractivity contribution in [3.63, 3.8) is 0 Å². The number of carboxylic acids is 1. The Kier molecular flexibility index (Phi) is 5.79. The summed E-state index contributed by atoms with van der Waals surface area (Å²) in [5.41, 5.74) is -0.935. The van der Waals surface area contributed by atoms with Crippen LogP contribution in [0.4, 0.5) is 0 Å². The van der Waals surface area contributed by atoms with Crippen LogP contribution in [0.1, 0.15) is 46.5 Å². The van der Waals surface area contributed by atoms with Crippen LogP contribution in [0.15, 0.2) is 0 Å². The Labute approximate surface area is 114 Å². The summed E-state index contributed by atoms with van der Waals surface area (Å²) in [7, 11) is 0. The number of carbonyl (C=O) groups is 2. The topological polar surface area (TPSA) is 75.6 Å². The number of hydrogen-bond acceptors (Lipinski definition) is 3. The molecular formula is C14H25NO4. The number of carboxylic acid groups (broad SMARTS) is 1. The molecule has 19 heavy (non-hydrogen) atoms. The smallest absolute Gasteiger partial charge is 0.310 e. The standard InChI is InChI=1S/C14H25NO4/c1-4-14(5-2,13(17)18)8-12(16)15-10(3)11-6-7-19-9-11/h10-11H,4-9H2,1-3H3,(H,15,16)(H,17,18). The number of aliphatic carboxylic acids is 1. The second-order valence-corrected chi connectivity index (χ2v) is 5.45. The molecular weight excluding hydrogens is 246 g/mol. The molecule has 1 heterocycles. The van der Waals surface area contributed by atoms with Crippen molar-refractivity contribution in [1.29, 1.82) is 0 Å². The van der Waals surface area contributed by atoms with Crippen molar-refractivity contribution in [3.05, 3.63) is 0 Å². The number of ether oxygens (including phenoxy) is 1. The lowest BCUT2D eigenvalue weighted by molar-refractivity contribution is -0.152. The molecule has 1 fully saturated rings. The number of hydrogen-bond donors (Lipinski definition) is 2. The number of carbonyl (C=O) groups excluding carboxylic acids is 1. The van der Waals surface area contributed by atoms with E-state index < -0.39 is 11.4 Å². The highest BCUT2D eigenvalue weighted by Crippen LogP contribution is 2.31. The van der Waals surface area contributed by atoms with Gasteiger partial charge in [-0.05, 0) is 26.2 Å². The maximum Gasteiger partial charge on any atom is 0.310 e. The molecule has 0 aromatic carbocycles. The van der Waals surface area contributed by atoms with E-state index in [4.69, 9.17) is 4.74 Å². The SMILES string of the molecule is CCC(CC)(CC(=O)NC(C)C1CCOC1)C(=O)O. The number of amides is 1. The lowest BCUT2D eigenvalue weighted by Crippen LogP contribution is -2.42. The van der Waals surface area contributed by atoms with E-state index in [1.165, 1.54) is 0 Å². The highest BCUT2D eigenvalue weighted by atomic mass is 16.5. The van der Waals surface area contributed by atoms with Gasteiger partial charge in [0.1, 0.15) is 0 Å². The summed E-state index contributed by atoms with van der Waals surface area (Å²) in [6, 6.07) is 0.0372. The van der Waals surface area contributed by atoms with Gasteiger partial charge in [-0.15, -0.1) is 0 Å². The summed E-state index contributed by atoms with van der Waals surface area (Å²) in [5, 5.41) is 12.2. The molecule has 1 aliphatic rings. The van der Waals surface area contributed by atoms with Gasteiger partial charge in [-0.25, -0.2) is 0 Å². The van der Waals surface area contributed by atoms with Crippen LogP contribution in [0, 0.1) is 11.3 Å². The molecule has 1 amide bonds. The van der Waals surface area contributed by atoms with Gasteiger partial charge in [-0.1, -0.05) is 13.8 Å². The van der Waals surface area contributed by atoms with E-state index in [2.05, 4.69) is 5.32 Å². The fourth-order valence-electron chi connectivity index (χ4n) is 2.56. The zero-order valence-corrected chi connectivity index (χ0v) is 12.1. The first-order chi connectivity index (χ1) is 8.95. The second kappa shape index (κ2) is 6.89. The molecule has 2 N–H and O–H groups in total. The van der Waals surface area contributed by atoms with Crippen LogP contribution in [-0.4, -0.2) is 36.2 Å². The maximum absolute atomic E-state index is 12.0. The average Bonchev–Trinajstić information content (AvgIpc) is 2.89. The first-order valence-electron chi connectivity index (χ1n) is 7.05. The number of nitrogens with one attached hydrogen (secondary N) is 1. The van der Waals surface area contributed by atoms with Crippen LogP contribution in [0.25, 0.3) is 0 Å². The molecule has 0 aromatic heterocycles. The summed E-state index contributed by atoms with van der Waals surface area (Å²) >= 11 is 0. The van der Waals surface area contributed by atoms with Crippen molar-refractivity contribution in [2.75, 3.05) is 13.2 Å². The van der Waals surface area contributed by atoms with Gasteiger partial charge in [0.2, 0.25) is 5.91 Å². The molecule has 2 atom stereocenters. The van der Waals surface area contributed by atoms with Crippen LogP contribution in [0.5, 0.6) is 0 Å². The molecule has 1 saturated heterocycles. The van der Waals surface area contributed by atoms with Gasteiger partial charge >= 0.3 is 5.97 Å². The van der Waals surface area contributed by atoms with Crippen molar-refractivity contribution >= 4 is 11.9 Å². The Hall–Kier alpha value is -1.10. The Bertz CT molecular complexity index is 319. The normalized spacial score (nSPS) is 21.1. The second-order valence-electron chi connectivity index (χ2n) is 5.45. The van der Waals surface area contributed by atoms with E-state index in [0.717, 1.165) is 13.0 Å². The fourth-order valence-corrected chi connectivity index (χ4v) is 2.56. The molecule has 2 unspecified atom stereocenters. The van der Waals surface area contributed by atoms with Crippen LogP contribution in [-0.2, 0) is 14.3 Å². The predicted octanol–water partition coefficient (Wildman–Crippen LogP) is 1.81. The van der Waals surface area contributed by atoms with Crippen LogP contribution >= 0.6 is 0 Å². The summed E-state index contributed by atoms with van der Waals surface area (Å²) in [6.45, 7) is 7.01. The number of rotatable bonds is 7. The largest absolute Gasteiger partial charge is 0.481 e. The minimum absolute atomic E-state index is 0.0372. The minimum Gasteiger partial charge on any atom is -0.481 e. The van der Waals surface area contributed by atoms with Crippen LogP contribution < -0.4 is 5.32 Å². The molecule has 0 aliphatic carbocycles. The molecule has 110 valence electrons. The van der Waals surface area contributed by atoms with Gasteiger partial charge in [0.25, 0.3) is 0 Å². The minimum atomic E-state index is -0.935. The van der Waals surface area contributed by atoms with E-state index in [0.29, 0.717) is 25.4 Å².